The Morgan fingerprint density at radius 1 is 1.14 bits per heavy atom. The second-order valence-electron chi connectivity index (χ2n) is 6.73. The van der Waals surface area contributed by atoms with E-state index in [9.17, 15) is 0 Å². The fourth-order valence-electron chi connectivity index (χ4n) is 3.72. The summed E-state index contributed by atoms with van der Waals surface area (Å²) >= 11 is 0. The van der Waals surface area contributed by atoms with Crippen molar-refractivity contribution in [1.82, 2.24) is 5.32 Å². The minimum Gasteiger partial charge on any atom is -0.374 e. The summed E-state index contributed by atoms with van der Waals surface area (Å²) in [5, 5.41) is 3.72. The van der Waals surface area contributed by atoms with Crippen molar-refractivity contribution >= 4 is 5.69 Å². The van der Waals surface area contributed by atoms with Crippen molar-refractivity contribution in [1.29, 1.82) is 0 Å². The summed E-state index contributed by atoms with van der Waals surface area (Å²) in [7, 11) is 2.24. The zero-order chi connectivity index (χ0) is 15.2. The summed E-state index contributed by atoms with van der Waals surface area (Å²) in [4.78, 5) is 2.44. The Hall–Kier alpha value is -1.02. The number of aryl methyl sites for hydroxylation is 1. The van der Waals surface area contributed by atoms with E-state index in [0.717, 1.165) is 24.9 Å². The van der Waals surface area contributed by atoms with Gasteiger partial charge < -0.3 is 10.2 Å². The Morgan fingerprint density at radius 3 is 2.48 bits per heavy atom. The average molecular weight is 288 g/mol. The van der Waals surface area contributed by atoms with E-state index in [-0.39, 0.29) is 0 Å². The lowest BCUT2D eigenvalue weighted by Gasteiger charge is -2.39. The molecule has 1 aliphatic rings. The standard InChI is InChI=1S/C19H32N2/c1-5-16-9-12-19(20-6-2)17(13-16)14-21(4)18-10-7-15(3)8-11-18/h7-8,10-11,16-17,19-20H,5-6,9,12-14H2,1-4H3. The third-order valence-electron chi connectivity index (χ3n) is 5.12. The van der Waals surface area contributed by atoms with Crippen LogP contribution in [-0.2, 0) is 0 Å². The Balaban J connectivity index is 2.00. The van der Waals surface area contributed by atoms with Gasteiger partial charge >= 0.3 is 0 Å². The minimum atomic E-state index is 0.700. The van der Waals surface area contributed by atoms with Crippen LogP contribution in [0.25, 0.3) is 0 Å². The van der Waals surface area contributed by atoms with Crippen LogP contribution < -0.4 is 10.2 Å². The van der Waals surface area contributed by atoms with Gasteiger partial charge in [-0.15, -0.1) is 0 Å². The van der Waals surface area contributed by atoms with Gasteiger partial charge in [0.1, 0.15) is 0 Å². The molecule has 2 nitrogen and oxygen atoms in total. The molecular weight excluding hydrogens is 256 g/mol. The molecule has 0 radical (unpaired) electrons. The lowest BCUT2D eigenvalue weighted by Crippen LogP contribution is -2.45. The minimum absolute atomic E-state index is 0.700. The lowest BCUT2D eigenvalue weighted by atomic mass is 9.76. The number of anilines is 1. The van der Waals surface area contributed by atoms with Crippen LogP contribution in [0.1, 0.15) is 45.1 Å². The van der Waals surface area contributed by atoms with Crippen molar-refractivity contribution in [2.75, 3.05) is 25.0 Å². The summed E-state index contributed by atoms with van der Waals surface area (Å²) in [6.45, 7) is 8.98. The van der Waals surface area contributed by atoms with Crippen molar-refractivity contribution in [3.05, 3.63) is 29.8 Å². The van der Waals surface area contributed by atoms with Crippen molar-refractivity contribution in [3.8, 4) is 0 Å². The van der Waals surface area contributed by atoms with Crippen LogP contribution in [0, 0.1) is 18.8 Å². The van der Waals surface area contributed by atoms with E-state index in [0.29, 0.717) is 6.04 Å². The number of benzene rings is 1. The molecule has 0 aliphatic heterocycles. The molecule has 2 rings (SSSR count). The summed E-state index contributed by atoms with van der Waals surface area (Å²) in [5.41, 5.74) is 2.68. The van der Waals surface area contributed by atoms with E-state index in [1.807, 2.05) is 0 Å². The number of nitrogens with zero attached hydrogens (tertiary/aromatic N) is 1. The third kappa shape index (κ3) is 4.47. The van der Waals surface area contributed by atoms with Gasteiger partial charge in [-0.3, -0.25) is 0 Å². The van der Waals surface area contributed by atoms with E-state index in [2.05, 4.69) is 62.3 Å². The van der Waals surface area contributed by atoms with Crippen molar-refractivity contribution < 1.29 is 0 Å². The largest absolute Gasteiger partial charge is 0.374 e. The molecule has 1 aromatic carbocycles. The molecule has 3 atom stereocenters. The van der Waals surface area contributed by atoms with Crippen LogP contribution in [0.5, 0.6) is 0 Å². The van der Waals surface area contributed by atoms with Gasteiger partial charge in [0.05, 0.1) is 0 Å². The number of hydrogen-bond donors (Lipinski definition) is 1. The van der Waals surface area contributed by atoms with E-state index in [1.54, 1.807) is 0 Å². The molecule has 1 fully saturated rings. The van der Waals surface area contributed by atoms with Crippen molar-refractivity contribution in [2.45, 2.75) is 52.5 Å². The molecule has 1 aromatic rings. The Morgan fingerprint density at radius 2 is 1.86 bits per heavy atom. The highest BCUT2D eigenvalue weighted by Gasteiger charge is 2.29. The summed E-state index contributed by atoms with van der Waals surface area (Å²) in [6.07, 6.45) is 5.46. The van der Waals surface area contributed by atoms with E-state index in [1.165, 1.54) is 36.9 Å². The Kier molecular flexibility index (Phi) is 6.10. The lowest BCUT2D eigenvalue weighted by molar-refractivity contribution is 0.204. The molecule has 0 heterocycles. The second kappa shape index (κ2) is 7.84. The second-order valence-corrected chi connectivity index (χ2v) is 6.73. The highest BCUT2D eigenvalue weighted by molar-refractivity contribution is 5.46. The van der Waals surface area contributed by atoms with Crippen molar-refractivity contribution in [3.63, 3.8) is 0 Å². The summed E-state index contributed by atoms with van der Waals surface area (Å²) in [5.74, 6) is 1.70. The highest BCUT2D eigenvalue weighted by Crippen LogP contribution is 2.32. The molecule has 21 heavy (non-hydrogen) atoms. The number of rotatable bonds is 6. The maximum atomic E-state index is 3.72. The van der Waals surface area contributed by atoms with Crippen LogP contribution in [-0.4, -0.2) is 26.2 Å². The predicted octanol–water partition coefficient (Wildman–Crippen LogP) is 4.24. The van der Waals surface area contributed by atoms with Gasteiger partial charge in [0.2, 0.25) is 0 Å². The van der Waals surface area contributed by atoms with Gasteiger partial charge in [-0.05, 0) is 56.7 Å². The molecule has 0 spiro atoms. The van der Waals surface area contributed by atoms with Crippen LogP contribution in [0.2, 0.25) is 0 Å². The fraction of sp³-hybridized carbons (Fsp3) is 0.684. The topological polar surface area (TPSA) is 15.3 Å². The maximum absolute atomic E-state index is 3.72. The molecule has 0 amide bonds. The molecule has 2 heteroatoms. The van der Waals surface area contributed by atoms with Crippen molar-refractivity contribution in [2.24, 2.45) is 11.8 Å². The number of hydrogen-bond acceptors (Lipinski definition) is 2. The van der Waals surface area contributed by atoms with Crippen LogP contribution >= 0.6 is 0 Å². The Labute approximate surface area is 130 Å². The fourth-order valence-corrected chi connectivity index (χ4v) is 3.72. The first-order chi connectivity index (χ1) is 10.1. The van der Waals surface area contributed by atoms with Gasteiger partial charge in [0, 0.05) is 25.3 Å². The average Bonchev–Trinajstić information content (AvgIpc) is 2.49. The SMILES string of the molecule is CCNC1CCC(CC)CC1CN(C)c1ccc(C)cc1. The molecule has 118 valence electrons. The van der Waals surface area contributed by atoms with Crippen LogP contribution in [0.15, 0.2) is 24.3 Å². The first-order valence-electron chi connectivity index (χ1n) is 8.65. The van der Waals surface area contributed by atoms with Crippen LogP contribution in [0.3, 0.4) is 0 Å². The smallest absolute Gasteiger partial charge is 0.0363 e. The van der Waals surface area contributed by atoms with Crippen LogP contribution in [0.4, 0.5) is 5.69 Å². The van der Waals surface area contributed by atoms with E-state index < -0.39 is 0 Å². The summed E-state index contributed by atoms with van der Waals surface area (Å²) in [6, 6.07) is 9.62. The molecule has 0 bridgehead atoms. The molecular formula is C19H32N2. The normalized spacial score (nSPS) is 25.8. The quantitative estimate of drug-likeness (QED) is 0.842. The molecule has 1 aliphatic carbocycles. The van der Waals surface area contributed by atoms with Gasteiger partial charge in [-0.1, -0.05) is 38.0 Å². The van der Waals surface area contributed by atoms with E-state index in [4.69, 9.17) is 0 Å². The zero-order valence-electron chi connectivity index (χ0n) is 14.2. The first kappa shape index (κ1) is 16.4. The first-order valence-corrected chi connectivity index (χ1v) is 8.65. The van der Waals surface area contributed by atoms with Gasteiger partial charge in [0.25, 0.3) is 0 Å². The highest BCUT2D eigenvalue weighted by atomic mass is 15.1. The molecule has 0 saturated heterocycles. The van der Waals surface area contributed by atoms with Gasteiger partial charge in [-0.2, -0.15) is 0 Å². The Bertz CT molecular complexity index is 412. The number of nitrogens with one attached hydrogen (secondary N) is 1. The monoisotopic (exact) mass is 288 g/mol. The zero-order valence-corrected chi connectivity index (χ0v) is 14.2. The molecule has 1 N–H and O–H groups in total. The maximum Gasteiger partial charge on any atom is 0.0363 e. The molecule has 0 aromatic heterocycles. The predicted molar refractivity (Wildman–Crippen MR) is 93.0 cm³/mol. The molecule has 1 saturated carbocycles. The molecule has 3 unspecified atom stereocenters. The van der Waals surface area contributed by atoms with Gasteiger partial charge in [-0.25, -0.2) is 0 Å². The van der Waals surface area contributed by atoms with Gasteiger partial charge in [0.15, 0.2) is 0 Å². The summed E-state index contributed by atoms with van der Waals surface area (Å²) < 4.78 is 0. The third-order valence-corrected chi connectivity index (χ3v) is 5.12. The van der Waals surface area contributed by atoms with E-state index >= 15 is 0 Å².